The van der Waals surface area contributed by atoms with Gasteiger partial charge in [0.15, 0.2) is 0 Å². The monoisotopic (exact) mass is 297 g/mol. The fourth-order valence-corrected chi connectivity index (χ4v) is 2.15. The lowest BCUT2D eigenvalue weighted by atomic mass is 10.1. The molecule has 0 radical (unpaired) electrons. The van der Waals surface area contributed by atoms with Crippen molar-refractivity contribution < 1.29 is 14.3 Å². The van der Waals surface area contributed by atoms with Gasteiger partial charge in [0.05, 0.1) is 6.61 Å². The van der Waals surface area contributed by atoms with Crippen molar-refractivity contribution in [1.82, 2.24) is 4.90 Å². The largest absolute Gasteiger partial charge is 0.465 e. The lowest BCUT2D eigenvalue weighted by Crippen LogP contribution is -2.41. The Labute approximate surface area is 124 Å². The van der Waals surface area contributed by atoms with Crippen LogP contribution in [0, 0.1) is 6.92 Å². The molecule has 5 heteroatoms. The molecule has 0 fully saturated rings. The van der Waals surface area contributed by atoms with E-state index < -0.39 is 5.97 Å². The number of amides is 1. The summed E-state index contributed by atoms with van der Waals surface area (Å²) < 4.78 is 4.90. The van der Waals surface area contributed by atoms with Gasteiger partial charge in [-0.25, -0.2) is 0 Å². The average molecular weight is 298 g/mol. The average Bonchev–Trinajstić information content (AvgIpc) is 2.34. The molecular formula is C15H20ClNO3. The second-order valence-electron chi connectivity index (χ2n) is 4.85. The van der Waals surface area contributed by atoms with Crippen molar-refractivity contribution >= 4 is 23.5 Å². The van der Waals surface area contributed by atoms with Crippen LogP contribution in [0.1, 0.15) is 36.7 Å². The molecular weight excluding hydrogens is 278 g/mol. The number of hydrogen-bond acceptors (Lipinski definition) is 3. The third-order valence-electron chi connectivity index (χ3n) is 2.78. The van der Waals surface area contributed by atoms with Crippen LogP contribution < -0.4 is 0 Å². The molecule has 0 aromatic heterocycles. The van der Waals surface area contributed by atoms with Crippen LogP contribution in [0.3, 0.4) is 0 Å². The van der Waals surface area contributed by atoms with Gasteiger partial charge in [0.2, 0.25) is 0 Å². The first-order valence-corrected chi connectivity index (χ1v) is 6.96. The third kappa shape index (κ3) is 4.53. The molecule has 0 aliphatic heterocycles. The van der Waals surface area contributed by atoms with E-state index in [1.54, 1.807) is 25.1 Å². The predicted octanol–water partition coefficient (Wildman–Crippen LogP) is 3.06. The van der Waals surface area contributed by atoms with E-state index in [2.05, 4.69) is 0 Å². The van der Waals surface area contributed by atoms with Gasteiger partial charge in [-0.15, -0.1) is 0 Å². The molecule has 0 N–H and O–H groups in total. The van der Waals surface area contributed by atoms with E-state index >= 15 is 0 Å². The van der Waals surface area contributed by atoms with E-state index in [4.69, 9.17) is 16.3 Å². The summed E-state index contributed by atoms with van der Waals surface area (Å²) in [6, 6.07) is 5.04. The van der Waals surface area contributed by atoms with Crippen LogP contribution in [0.4, 0.5) is 0 Å². The normalized spacial score (nSPS) is 10.5. The Hall–Kier alpha value is -1.55. The highest BCUT2D eigenvalue weighted by Gasteiger charge is 2.22. The molecule has 0 aliphatic carbocycles. The SMILES string of the molecule is CCOC(=O)CN(C(=O)c1cc(C)cc(Cl)c1)C(C)C. The van der Waals surface area contributed by atoms with Gasteiger partial charge in [-0.05, 0) is 51.5 Å². The maximum atomic E-state index is 12.5. The highest BCUT2D eigenvalue weighted by molar-refractivity contribution is 6.31. The van der Waals surface area contributed by atoms with Crippen LogP contribution in [-0.4, -0.2) is 36.0 Å². The zero-order chi connectivity index (χ0) is 15.3. The zero-order valence-electron chi connectivity index (χ0n) is 12.3. The van der Waals surface area contributed by atoms with E-state index in [1.165, 1.54) is 4.90 Å². The summed E-state index contributed by atoms with van der Waals surface area (Å²) >= 11 is 5.97. The zero-order valence-corrected chi connectivity index (χ0v) is 13.0. The van der Waals surface area contributed by atoms with Crippen molar-refractivity contribution in [3.8, 4) is 0 Å². The smallest absolute Gasteiger partial charge is 0.325 e. The van der Waals surface area contributed by atoms with Crippen LogP contribution in [0.2, 0.25) is 5.02 Å². The minimum atomic E-state index is -0.409. The summed E-state index contributed by atoms with van der Waals surface area (Å²) in [6.07, 6.45) is 0. The quantitative estimate of drug-likeness (QED) is 0.785. The van der Waals surface area contributed by atoms with E-state index in [0.29, 0.717) is 17.2 Å². The Morgan fingerprint density at radius 2 is 1.95 bits per heavy atom. The molecule has 0 aliphatic rings. The third-order valence-corrected chi connectivity index (χ3v) is 3.00. The lowest BCUT2D eigenvalue weighted by Gasteiger charge is -2.26. The van der Waals surface area contributed by atoms with Crippen molar-refractivity contribution in [1.29, 1.82) is 0 Å². The number of halogens is 1. The fraction of sp³-hybridized carbons (Fsp3) is 0.467. The maximum absolute atomic E-state index is 12.5. The first-order chi connectivity index (χ1) is 9.35. The highest BCUT2D eigenvalue weighted by Crippen LogP contribution is 2.17. The summed E-state index contributed by atoms with van der Waals surface area (Å²) in [5, 5.41) is 0.508. The molecule has 4 nitrogen and oxygen atoms in total. The predicted molar refractivity (Wildman–Crippen MR) is 79.0 cm³/mol. The summed E-state index contributed by atoms with van der Waals surface area (Å²) in [5.41, 5.74) is 1.38. The highest BCUT2D eigenvalue weighted by atomic mass is 35.5. The van der Waals surface area contributed by atoms with E-state index in [-0.39, 0.29) is 18.5 Å². The molecule has 1 amide bonds. The lowest BCUT2D eigenvalue weighted by molar-refractivity contribution is -0.144. The Morgan fingerprint density at radius 3 is 2.45 bits per heavy atom. The van der Waals surface area contributed by atoms with Gasteiger partial charge in [-0.1, -0.05) is 11.6 Å². The molecule has 1 aromatic carbocycles. The van der Waals surface area contributed by atoms with Gasteiger partial charge >= 0.3 is 5.97 Å². The standard InChI is InChI=1S/C15H20ClNO3/c1-5-20-14(18)9-17(10(2)3)15(19)12-6-11(4)7-13(16)8-12/h6-8,10H,5,9H2,1-4H3. The Morgan fingerprint density at radius 1 is 1.30 bits per heavy atom. The van der Waals surface area contributed by atoms with Crippen molar-refractivity contribution in [2.24, 2.45) is 0 Å². The Balaban J connectivity index is 2.96. The van der Waals surface area contributed by atoms with Crippen LogP contribution in [0.15, 0.2) is 18.2 Å². The molecule has 0 unspecified atom stereocenters. The number of carbonyl (C=O) groups is 2. The van der Waals surface area contributed by atoms with Gasteiger partial charge in [-0.3, -0.25) is 9.59 Å². The van der Waals surface area contributed by atoms with Gasteiger partial charge in [-0.2, -0.15) is 0 Å². The molecule has 0 atom stereocenters. The molecule has 20 heavy (non-hydrogen) atoms. The first-order valence-electron chi connectivity index (χ1n) is 6.59. The molecule has 0 bridgehead atoms. The summed E-state index contributed by atoms with van der Waals surface area (Å²) in [7, 11) is 0. The number of carbonyl (C=O) groups excluding carboxylic acids is 2. The van der Waals surface area contributed by atoms with E-state index in [9.17, 15) is 9.59 Å². The number of hydrogen-bond donors (Lipinski definition) is 0. The number of nitrogens with zero attached hydrogens (tertiary/aromatic N) is 1. The van der Waals surface area contributed by atoms with Gasteiger partial charge in [0.25, 0.3) is 5.91 Å². The first kappa shape index (κ1) is 16.5. The summed E-state index contributed by atoms with van der Waals surface area (Å²) in [4.78, 5) is 25.6. The second kappa shape index (κ2) is 7.29. The summed E-state index contributed by atoms with van der Waals surface area (Å²) in [6.45, 7) is 7.56. The topological polar surface area (TPSA) is 46.6 Å². The number of rotatable bonds is 5. The molecule has 1 rings (SSSR count). The Kier molecular flexibility index (Phi) is 6.02. The molecule has 1 aromatic rings. The van der Waals surface area contributed by atoms with Gasteiger partial charge < -0.3 is 9.64 Å². The van der Waals surface area contributed by atoms with E-state index in [1.807, 2.05) is 20.8 Å². The van der Waals surface area contributed by atoms with Crippen molar-refractivity contribution in [3.63, 3.8) is 0 Å². The van der Waals surface area contributed by atoms with Crippen LogP contribution >= 0.6 is 11.6 Å². The molecule has 0 saturated carbocycles. The van der Waals surface area contributed by atoms with E-state index in [0.717, 1.165) is 5.56 Å². The second-order valence-corrected chi connectivity index (χ2v) is 5.29. The van der Waals surface area contributed by atoms with Crippen LogP contribution in [0.5, 0.6) is 0 Å². The minimum absolute atomic E-state index is 0.0596. The molecule has 110 valence electrons. The fourth-order valence-electron chi connectivity index (χ4n) is 1.86. The van der Waals surface area contributed by atoms with Gasteiger partial charge in [0, 0.05) is 16.6 Å². The van der Waals surface area contributed by atoms with Crippen molar-refractivity contribution in [3.05, 3.63) is 34.3 Å². The number of ether oxygens (including phenoxy) is 1. The van der Waals surface area contributed by atoms with Crippen LogP contribution in [0.25, 0.3) is 0 Å². The summed E-state index contributed by atoms with van der Waals surface area (Å²) in [5.74, 6) is -0.632. The minimum Gasteiger partial charge on any atom is -0.465 e. The van der Waals surface area contributed by atoms with Crippen LogP contribution in [-0.2, 0) is 9.53 Å². The number of benzene rings is 1. The molecule has 0 heterocycles. The Bertz CT molecular complexity index is 480. The van der Waals surface area contributed by atoms with Gasteiger partial charge in [0.1, 0.15) is 6.54 Å². The van der Waals surface area contributed by atoms with Crippen molar-refractivity contribution in [2.45, 2.75) is 33.7 Å². The maximum Gasteiger partial charge on any atom is 0.325 e. The van der Waals surface area contributed by atoms with Crippen molar-refractivity contribution in [2.75, 3.05) is 13.2 Å². The number of aryl methyl sites for hydroxylation is 1. The molecule has 0 saturated heterocycles. The molecule has 0 spiro atoms. The number of esters is 1.